The Labute approximate surface area is 131 Å². The predicted molar refractivity (Wildman–Crippen MR) is 84.4 cm³/mol. The highest BCUT2D eigenvalue weighted by molar-refractivity contribution is 5.95. The summed E-state index contributed by atoms with van der Waals surface area (Å²) in [6.45, 7) is 9.45. The van der Waals surface area contributed by atoms with Gasteiger partial charge in [0.05, 0.1) is 0 Å². The molecule has 5 heteroatoms. The van der Waals surface area contributed by atoms with Crippen molar-refractivity contribution in [2.24, 2.45) is 5.92 Å². The van der Waals surface area contributed by atoms with Crippen LogP contribution < -0.4 is 9.47 Å². The van der Waals surface area contributed by atoms with Gasteiger partial charge in [0, 0.05) is 31.7 Å². The molecule has 22 heavy (non-hydrogen) atoms. The zero-order chi connectivity index (χ0) is 15.5. The number of nitrogens with zero attached hydrogens (tertiary/aromatic N) is 2. The van der Waals surface area contributed by atoms with Crippen LogP contribution in [0.3, 0.4) is 0 Å². The fraction of sp³-hybridized carbons (Fsp3) is 0.588. The molecule has 0 bridgehead atoms. The number of fused-ring (bicyclic) bond motifs is 1. The molecule has 0 spiro atoms. The monoisotopic (exact) mass is 304 g/mol. The summed E-state index contributed by atoms with van der Waals surface area (Å²) in [5.74, 6) is 2.14. The molecule has 1 saturated heterocycles. The summed E-state index contributed by atoms with van der Waals surface area (Å²) >= 11 is 0. The molecule has 0 aliphatic carbocycles. The lowest BCUT2D eigenvalue weighted by atomic mass is 10.1. The summed E-state index contributed by atoms with van der Waals surface area (Å²) in [6.07, 6.45) is 1.03. The van der Waals surface area contributed by atoms with Gasteiger partial charge in [-0.15, -0.1) is 0 Å². The Morgan fingerprint density at radius 1 is 1.14 bits per heavy atom. The molecule has 1 fully saturated rings. The van der Waals surface area contributed by atoms with Crippen LogP contribution in [0.15, 0.2) is 18.2 Å². The number of hydrogen-bond donors (Lipinski definition) is 0. The van der Waals surface area contributed by atoms with Gasteiger partial charge >= 0.3 is 0 Å². The van der Waals surface area contributed by atoms with Gasteiger partial charge in [0.25, 0.3) is 5.91 Å². The molecule has 0 unspecified atom stereocenters. The SMILES string of the molecule is CC(C)CN1CCCN(C(=O)c2ccc3c(c2)OCO3)CC1. The first kappa shape index (κ1) is 15.2. The van der Waals surface area contributed by atoms with E-state index in [0.717, 1.165) is 44.9 Å². The first-order valence-corrected chi connectivity index (χ1v) is 8.05. The van der Waals surface area contributed by atoms with Crippen molar-refractivity contribution in [3.8, 4) is 11.5 Å². The second kappa shape index (κ2) is 6.57. The Morgan fingerprint density at radius 3 is 2.77 bits per heavy atom. The molecular weight excluding hydrogens is 280 g/mol. The minimum atomic E-state index is 0.0877. The highest BCUT2D eigenvalue weighted by Gasteiger charge is 2.22. The van der Waals surface area contributed by atoms with Gasteiger partial charge in [0.15, 0.2) is 11.5 Å². The lowest BCUT2D eigenvalue weighted by molar-refractivity contribution is 0.0760. The number of amides is 1. The van der Waals surface area contributed by atoms with Crippen LogP contribution in [-0.2, 0) is 0 Å². The maximum atomic E-state index is 12.7. The number of carbonyl (C=O) groups is 1. The predicted octanol–water partition coefficient (Wildman–Crippen LogP) is 2.22. The van der Waals surface area contributed by atoms with E-state index in [1.54, 1.807) is 6.07 Å². The van der Waals surface area contributed by atoms with Crippen LogP contribution in [0, 0.1) is 5.92 Å². The Hall–Kier alpha value is -1.75. The van der Waals surface area contributed by atoms with E-state index in [1.165, 1.54) is 0 Å². The van der Waals surface area contributed by atoms with Crippen molar-refractivity contribution < 1.29 is 14.3 Å². The van der Waals surface area contributed by atoms with Crippen LogP contribution in [0.5, 0.6) is 11.5 Å². The molecule has 2 aliphatic heterocycles. The highest BCUT2D eigenvalue weighted by atomic mass is 16.7. The maximum Gasteiger partial charge on any atom is 0.254 e. The number of benzene rings is 1. The van der Waals surface area contributed by atoms with Crippen LogP contribution in [0.2, 0.25) is 0 Å². The molecule has 0 radical (unpaired) electrons. The van der Waals surface area contributed by atoms with Crippen molar-refractivity contribution in [1.29, 1.82) is 0 Å². The van der Waals surface area contributed by atoms with Crippen molar-refractivity contribution >= 4 is 5.91 Å². The van der Waals surface area contributed by atoms with Crippen LogP contribution in [0.25, 0.3) is 0 Å². The van der Waals surface area contributed by atoms with E-state index >= 15 is 0 Å². The number of rotatable bonds is 3. The van der Waals surface area contributed by atoms with Gasteiger partial charge in [-0.3, -0.25) is 4.79 Å². The van der Waals surface area contributed by atoms with E-state index in [2.05, 4.69) is 18.7 Å². The van der Waals surface area contributed by atoms with Gasteiger partial charge in [-0.25, -0.2) is 0 Å². The van der Waals surface area contributed by atoms with Crippen LogP contribution in [0.4, 0.5) is 0 Å². The molecule has 0 saturated carbocycles. The number of ether oxygens (including phenoxy) is 2. The zero-order valence-electron chi connectivity index (χ0n) is 13.4. The fourth-order valence-corrected chi connectivity index (χ4v) is 3.09. The van der Waals surface area contributed by atoms with E-state index in [-0.39, 0.29) is 12.7 Å². The van der Waals surface area contributed by atoms with Gasteiger partial charge in [-0.1, -0.05) is 13.8 Å². The minimum Gasteiger partial charge on any atom is -0.454 e. The summed E-state index contributed by atoms with van der Waals surface area (Å²) in [5.41, 5.74) is 0.682. The molecule has 1 aromatic rings. The number of hydrogen-bond acceptors (Lipinski definition) is 4. The molecule has 3 rings (SSSR count). The molecule has 0 atom stereocenters. The molecule has 2 heterocycles. The van der Waals surface area contributed by atoms with Crippen LogP contribution in [-0.4, -0.2) is 55.2 Å². The fourth-order valence-electron chi connectivity index (χ4n) is 3.09. The van der Waals surface area contributed by atoms with Gasteiger partial charge in [-0.2, -0.15) is 0 Å². The summed E-state index contributed by atoms with van der Waals surface area (Å²) in [4.78, 5) is 17.1. The molecular formula is C17H24N2O3. The largest absolute Gasteiger partial charge is 0.454 e. The van der Waals surface area contributed by atoms with E-state index in [1.807, 2.05) is 17.0 Å². The average Bonchev–Trinajstić information content (AvgIpc) is 2.84. The second-order valence-corrected chi connectivity index (χ2v) is 6.41. The van der Waals surface area contributed by atoms with Gasteiger partial charge < -0.3 is 19.3 Å². The molecule has 120 valence electrons. The van der Waals surface area contributed by atoms with Crippen molar-refractivity contribution in [1.82, 2.24) is 9.80 Å². The standard InChI is InChI=1S/C17H24N2O3/c1-13(2)11-18-6-3-7-19(9-8-18)17(20)14-4-5-15-16(10-14)22-12-21-15/h4-5,10,13H,3,6-9,11-12H2,1-2H3. The summed E-state index contributed by atoms with van der Waals surface area (Å²) in [6, 6.07) is 5.44. The normalized spacial score (nSPS) is 18.6. The summed E-state index contributed by atoms with van der Waals surface area (Å²) < 4.78 is 10.7. The second-order valence-electron chi connectivity index (χ2n) is 6.41. The molecule has 1 aromatic carbocycles. The molecule has 0 N–H and O–H groups in total. The highest BCUT2D eigenvalue weighted by Crippen LogP contribution is 2.32. The Balaban J connectivity index is 1.65. The molecule has 2 aliphatic rings. The van der Waals surface area contributed by atoms with Crippen LogP contribution >= 0.6 is 0 Å². The van der Waals surface area contributed by atoms with Gasteiger partial charge in [-0.05, 0) is 37.1 Å². The Morgan fingerprint density at radius 2 is 1.95 bits per heavy atom. The summed E-state index contributed by atoms with van der Waals surface area (Å²) in [7, 11) is 0. The smallest absolute Gasteiger partial charge is 0.254 e. The quantitative estimate of drug-likeness (QED) is 0.859. The van der Waals surface area contributed by atoms with Gasteiger partial charge in [0.2, 0.25) is 6.79 Å². The lowest BCUT2D eigenvalue weighted by Crippen LogP contribution is -2.36. The Kier molecular flexibility index (Phi) is 4.52. The van der Waals surface area contributed by atoms with E-state index in [0.29, 0.717) is 17.2 Å². The van der Waals surface area contributed by atoms with Crippen molar-refractivity contribution in [2.45, 2.75) is 20.3 Å². The minimum absolute atomic E-state index is 0.0877. The first-order valence-electron chi connectivity index (χ1n) is 8.05. The Bertz CT molecular complexity index is 545. The lowest BCUT2D eigenvalue weighted by Gasteiger charge is -2.23. The zero-order valence-corrected chi connectivity index (χ0v) is 13.4. The third kappa shape index (κ3) is 3.35. The van der Waals surface area contributed by atoms with Gasteiger partial charge in [0.1, 0.15) is 0 Å². The van der Waals surface area contributed by atoms with Crippen molar-refractivity contribution in [3.63, 3.8) is 0 Å². The average molecular weight is 304 g/mol. The molecule has 1 amide bonds. The van der Waals surface area contributed by atoms with E-state index in [9.17, 15) is 4.79 Å². The van der Waals surface area contributed by atoms with Crippen LogP contribution in [0.1, 0.15) is 30.6 Å². The van der Waals surface area contributed by atoms with E-state index < -0.39 is 0 Å². The number of carbonyl (C=O) groups excluding carboxylic acids is 1. The van der Waals surface area contributed by atoms with Crippen molar-refractivity contribution in [2.75, 3.05) is 39.5 Å². The first-order chi connectivity index (χ1) is 10.6. The molecule has 0 aromatic heterocycles. The third-order valence-corrected chi connectivity index (χ3v) is 4.12. The maximum absolute atomic E-state index is 12.7. The molecule has 5 nitrogen and oxygen atoms in total. The topological polar surface area (TPSA) is 42.0 Å². The summed E-state index contributed by atoms with van der Waals surface area (Å²) in [5, 5.41) is 0. The van der Waals surface area contributed by atoms with E-state index in [4.69, 9.17) is 9.47 Å². The third-order valence-electron chi connectivity index (χ3n) is 4.12. The van der Waals surface area contributed by atoms with Crippen molar-refractivity contribution in [3.05, 3.63) is 23.8 Å².